The van der Waals surface area contributed by atoms with E-state index >= 15 is 0 Å². The van der Waals surface area contributed by atoms with Crippen molar-refractivity contribution in [3.05, 3.63) is 42.2 Å². The van der Waals surface area contributed by atoms with Gasteiger partial charge in [0.25, 0.3) is 0 Å². The molecule has 1 aliphatic heterocycles. The minimum absolute atomic E-state index is 0. The summed E-state index contributed by atoms with van der Waals surface area (Å²) in [5, 5.41) is 13.1. The summed E-state index contributed by atoms with van der Waals surface area (Å²) in [6, 6.07) is 12.4. The number of hydrogen-bond acceptors (Lipinski definition) is 5. The third kappa shape index (κ3) is 5.56. The molecule has 2 heterocycles. The average molecular weight is 380 g/mol. The van der Waals surface area contributed by atoms with E-state index in [2.05, 4.69) is 10.1 Å². The lowest BCUT2D eigenvalue weighted by Crippen LogP contribution is -2.36. The molecule has 1 unspecified atom stereocenters. The van der Waals surface area contributed by atoms with Crippen LogP contribution in [0.3, 0.4) is 0 Å². The highest BCUT2D eigenvalue weighted by Crippen LogP contribution is 2.21. The zero-order valence-corrected chi connectivity index (χ0v) is 15.8. The predicted octanol–water partition coefficient (Wildman–Crippen LogP) is 3.13. The minimum atomic E-state index is -0.765. The molecule has 142 valence electrons. The Morgan fingerprint density at radius 2 is 2.08 bits per heavy atom. The maximum atomic E-state index is 10.9. The molecule has 0 amide bonds. The summed E-state index contributed by atoms with van der Waals surface area (Å²) in [6.07, 6.45) is 3.07. The molecule has 1 atom stereocenters. The zero-order valence-electron chi connectivity index (χ0n) is 15.0. The first-order valence-corrected chi connectivity index (χ1v) is 8.77. The van der Waals surface area contributed by atoms with Gasteiger partial charge in [-0.15, -0.1) is 12.4 Å². The van der Waals surface area contributed by atoms with Gasteiger partial charge >= 0.3 is 5.97 Å². The number of halogens is 1. The van der Waals surface area contributed by atoms with Crippen molar-refractivity contribution in [3.8, 4) is 11.3 Å². The van der Waals surface area contributed by atoms with E-state index in [0.29, 0.717) is 6.04 Å². The largest absolute Gasteiger partial charge is 0.480 e. The molecule has 26 heavy (non-hydrogen) atoms. The molecule has 6 nitrogen and oxygen atoms in total. The van der Waals surface area contributed by atoms with Gasteiger partial charge in [0.1, 0.15) is 5.69 Å². The van der Waals surface area contributed by atoms with Gasteiger partial charge in [-0.3, -0.25) is 14.6 Å². The van der Waals surface area contributed by atoms with E-state index in [-0.39, 0.29) is 19.0 Å². The fraction of sp³-hybridized carbons (Fsp3) is 0.474. The van der Waals surface area contributed by atoms with Crippen LogP contribution in [-0.2, 0) is 11.3 Å². The standard InChI is InChI=1S/C19H25N3O3.ClH/c1-21(14-19(23)24)16-8-5-10-22(11-9-16)13-17-12-18(20-25-17)15-6-3-2-4-7-15;/h2-4,6-7,12,16H,5,8-11,13-14H2,1H3,(H,23,24);1H. The number of likely N-dealkylation sites (tertiary alicyclic amines) is 1. The molecule has 1 fully saturated rings. The second-order valence-corrected chi connectivity index (χ2v) is 6.71. The lowest BCUT2D eigenvalue weighted by Gasteiger charge is -2.25. The molecule has 1 aliphatic rings. The third-order valence-corrected chi connectivity index (χ3v) is 4.81. The Bertz CT molecular complexity index is 692. The van der Waals surface area contributed by atoms with Crippen LogP contribution in [0.2, 0.25) is 0 Å². The first-order valence-electron chi connectivity index (χ1n) is 8.77. The Morgan fingerprint density at radius 1 is 1.31 bits per heavy atom. The van der Waals surface area contributed by atoms with Crippen LogP contribution in [-0.4, -0.2) is 58.8 Å². The van der Waals surface area contributed by atoms with Crippen LogP contribution < -0.4 is 0 Å². The predicted molar refractivity (Wildman–Crippen MR) is 102 cm³/mol. The molecule has 0 spiro atoms. The van der Waals surface area contributed by atoms with Gasteiger partial charge in [-0.1, -0.05) is 35.5 Å². The van der Waals surface area contributed by atoms with E-state index in [1.54, 1.807) is 0 Å². The number of likely N-dealkylation sites (N-methyl/N-ethyl adjacent to an activating group) is 1. The number of nitrogens with zero attached hydrogens (tertiary/aromatic N) is 3. The van der Waals surface area contributed by atoms with Gasteiger partial charge in [0.2, 0.25) is 0 Å². The number of hydrogen-bond donors (Lipinski definition) is 1. The minimum Gasteiger partial charge on any atom is -0.480 e. The zero-order chi connectivity index (χ0) is 17.6. The Kier molecular flexibility index (Phi) is 7.63. The van der Waals surface area contributed by atoms with Crippen molar-refractivity contribution in [2.24, 2.45) is 0 Å². The summed E-state index contributed by atoms with van der Waals surface area (Å²) in [6.45, 7) is 2.79. The smallest absolute Gasteiger partial charge is 0.317 e. The molecule has 0 radical (unpaired) electrons. The van der Waals surface area contributed by atoms with Crippen LogP contribution in [0.15, 0.2) is 40.9 Å². The topological polar surface area (TPSA) is 69.8 Å². The van der Waals surface area contributed by atoms with Crippen molar-refractivity contribution in [1.29, 1.82) is 0 Å². The molecule has 0 bridgehead atoms. The fourth-order valence-electron chi connectivity index (χ4n) is 3.43. The van der Waals surface area contributed by atoms with Crippen LogP contribution >= 0.6 is 12.4 Å². The Balaban J connectivity index is 0.00000243. The van der Waals surface area contributed by atoms with Gasteiger partial charge in [0.05, 0.1) is 13.1 Å². The SMILES string of the molecule is CN(CC(=O)O)C1CCCN(Cc2cc(-c3ccccc3)no2)CC1.Cl. The number of benzene rings is 1. The molecule has 0 saturated carbocycles. The second-order valence-electron chi connectivity index (χ2n) is 6.71. The van der Waals surface area contributed by atoms with E-state index in [0.717, 1.165) is 55.9 Å². The van der Waals surface area contributed by atoms with E-state index in [4.69, 9.17) is 9.63 Å². The van der Waals surface area contributed by atoms with E-state index in [1.807, 2.05) is 48.3 Å². The number of aromatic nitrogens is 1. The lowest BCUT2D eigenvalue weighted by molar-refractivity contribution is -0.138. The van der Waals surface area contributed by atoms with Crippen LogP contribution in [0.4, 0.5) is 0 Å². The van der Waals surface area contributed by atoms with Crippen molar-refractivity contribution < 1.29 is 14.4 Å². The quantitative estimate of drug-likeness (QED) is 0.831. The number of carboxylic acids is 1. The highest BCUT2D eigenvalue weighted by atomic mass is 35.5. The molecular formula is C19H26ClN3O3. The molecule has 1 N–H and O–H groups in total. The average Bonchev–Trinajstić information content (AvgIpc) is 2.93. The second kappa shape index (κ2) is 9.71. The molecule has 7 heteroatoms. The van der Waals surface area contributed by atoms with Gasteiger partial charge in [-0.05, 0) is 32.9 Å². The monoisotopic (exact) mass is 379 g/mol. The van der Waals surface area contributed by atoms with E-state index in [1.165, 1.54) is 0 Å². The molecule has 3 rings (SSSR count). The summed E-state index contributed by atoms with van der Waals surface area (Å²) < 4.78 is 5.51. The summed E-state index contributed by atoms with van der Waals surface area (Å²) in [7, 11) is 1.90. The fourth-order valence-corrected chi connectivity index (χ4v) is 3.43. The third-order valence-electron chi connectivity index (χ3n) is 4.81. The first-order chi connectivity index (χ1) is 12.1. The maximum Gasteiger partial charge on any atom is 0.317 e. The Morgan fingerprint density at radius 3 is 2.81 bits per heavy atom. The summed E-state index contributed by atoms with van der Waals surface area (Å²) in [4.78, 5) is 15.2. The van der Waals surface area contributed by atoms with Crippen molar-refractivity contribution in [1.82, 2.24) is 15.0 Å². The van der Waals surface area contributed by atoms with Crippen molar-refractivity contribution >= 4 is 18.4 Å². The molecular weight excluding hydrogens is 354 g/mol. The molecule has 0 aliphatic carbocycles. The van der Waals surface area contributed by atoms with Crippen molar-refractivity contribution in [3.63, 3.8) is 0 Å². The van der Waals surface area contributed by atoms with Gasteiger partial charge in [0.15, 0.2) is 5.76 Å². The summed E-state index contributed by atoms with van der Waals surface area (Å²) in [5.74, 6) is 0.106. The lowest BCUT2D eigenvalue weighted by atomic mass is 10.1. The van der Waals surface area contributed by atoms with Gasteiger partial charge in [-0.25, -0.2) is 0 Å². The van der Waals surface area contributed by atoms with Gasteiger partial charge in [-0.2, -0.15) is 0 Å². The van der Waals surface area contributed by atoms with Crippen LogP contribution in [0.5, 0.6) is 0 Å². The number of carbonyl (C=O) groups is 1. The number of aliphatic carboxylic acids is 1. The maximum absolute atomic E-state index is 10.9. The van der Waals surface area contributed by atoms with Crippen LogP contribution in [0.25, 0.3) is 11.3 Å². The Labute approximate surface area is 160 Å². The first kappa shape index (κ1) is 20.4. The highest BCUT2D eigenvalue weighted by Gasteiger charge is 2.22. The number of carboxylic acid groups (broad SMARTS) is 1. The van der Waals surface area contributed by atoms with E-state index in [9.17, 15) is 4.79 Å². The normalized spacial score (nSPS) is 18.3. The van der Waals surface area contributed by atoms with E-state index < -0.39 is 5.97 Å². The van der Waals surface area contributed by atoms with Crippen molar-refractivity contribution in [2.45, 2.75) is 31.8 Å². The van der Waals surface area contributed by atoms with Gasteiger partial charge in [0, 0.05) is 24.2 Å². The highest BCUT2D eigenvalue weighted by molar-refractivity contribution is 5.85. The van der Waals surface area contributed by atoms with Gasteiger partial charge < -0.3 is 9.63 Å². The van der Waals surface area contributed by atoms with Crippen LogP contribution in [0, 0.1) is 0 Å². The summed E-state index contributed by atoms with van der Waals surface area (Å²) >= 11 is 0. The summed E-state index contributed by atoms with van der Waals surface area (Å²) in [5.41, 5.74) is 1.92. The Hall–Kier alpha value is -1.89. The molecule has 1 aromatic heterocycles. The van der Waals surface area contributed by atoms with Crippen LogP contribution in [0.1, 0.15) is 25.0 Å². The molecule has 1 saturated heterocycles. The molecule has 2 aromatic rings. The number of rotatable bonds is 6. The van der Waals surface area contributed by atoms with Crippen molar-refractivity contribution in [2.75, 3.05) is 26.7 Å². The molecule has 1 aromatic carbocycles.